The lowest BCUT2D eigenvalue weighted by atomic mass is 10.3. The van der Waals surface area contributed by atoms with E-state index in [1.54, 1.807) is 17.5 Å². The predicted octanol–water partition coefficient (Wildman–Crippen LogP) is 2.83. The molecule has 0 N–H and O–H groups in total. The van der Waals surface area contributed by atoms with Crippen molar-refractivity contribution in [2.45, 2.75) is 6.54 Å². The normalized spacial score (nSPS) is 10.3. The summed E-state index contributed by atoms with van der Waals surface area (Å²) in [5, 5.41) is 4.47. The lowest BCUT2D eigenvalue weighted by Crippen LogP contribution is -2.17. The van der Waals surface area contributed by atoms with Gasteiger partial charge in [0.2, 0.25) is 5.28 Å². The van der Waals surface area contributed by atoms with Crippen molar-refractivity contribution in [2.75, 3.05) is 11.9 Å². The highest BCUT2D eigenvalue weighted by Gasteiger charge is 2.04. The second kappa shape index (κ2) is 4.59. The van der Waals surface area contributed by atoms with Gasteiger partial charge in [0.15, 0.2) is 0 Å². The van der Waals surface area contributed by atoms with E-state index in [2.05, 4.69) is 26.8 Å². The first-order chi connectivity index (χ1) is 7.25. The molecule has 0 aromatic carbocycles. The average Bonchev–Trinajstić information content (AvgIpc) is 2.70. The number of halogens is 1. The van der Waals surface area contributed by atoms with Gasteiger partial charge < -0.3 is 4.90 Å². The van der Waals surface area contributed by atoms with E-state index in [-0.39, 0.29) is 5.28 Å². The lowest BCUT2D eigenvalue weighted by Gasteiger charge is -2.16. The van der Waals surface area contributed by atoms with E-state index >= 15 is 0 Å². The van der Waals surface area contributed by atoms with Crippen molar-refractivity contribution in [1.82, 2.24) is 9.97 Å². The zero-order chi connectivity index (χ0) is 10.7. The zero-order valence-corrected chi connectivity index (χ0v) is 9.79. The molecular formula is C10H10ClN3S. The Kier molecular flexibility index (Phi) is 3.18. The lowest BCUT2D eigenvalue weighted by molar-refractivity contribution is 0.894. The predicted molar refractivity (Wildman–Crippen MR) is 63.5 cm³/mol. The van der Waals surface area contributed by atoms with Gasteiger partial charge in [-0.1, -0.05) is 0 Å². The maximum atomic E-state index is 5.72. The fourth-order valence-electron chi connectivity index (χ4n) is 1.28. The van der Waals surface area contributed by atoms with E-state index in [0.717, 1.165) is 12.4 Å². The van der Waals surface area contributed by atoms with Crippen LogP contribution in [0.5, 0.6) is 0 Å². The summed E-state index contributed by atoms with van der Waals surface area (Å²) in [4.78, 5) is 10.0. The number of hydrogen-bond acceptors (Lipinski definition) is 4. The molecular weight excluding hydrogens is 230 g/mol. The topological polar surface area (TPSA) is 29.0 Å². The van der Waals surface area contributed by atoms with Crippen LogP contribution in [0.2, 0.25) is 5.28 Å². The molecule has 0 saturated heterocycles. The third-order valence-electron chi connectivity index (χ3n) is 2.00. The van der Waals surface area contributed by atoms with Crippen LogP contribution in [0.3, 0.4) is 0 Å². The van der Waals surface area contributed by atoms with Crippen LogP contribution in [0.25, 0.3) is 0 Å². The van der Waals surface area contributed by atoms with Crippen molar-refractivity contribution >= 4 is 28.8 Å². The summed E-state index contributed by atoms with van der Waals surface area (Å²) >= 11 is 7.42. The third-order valence-corrected chi connectivity index (χ3v) is 2.92. The Hall–Kier alpha value is -1.13. The second-order valence-corrected chi connectivity index (χ2v) is 4.29. The molecule has 2 heterocycles. The van der Waals surface area contributed by atoms with Crippen molar-refractivity contribution in [2.24, 2.45) is 0 Å². The van der Waals surface area contributed by atoms with E-state index in [1.165, 1.54) is 5.56 Å². The van der Waals surface area contributed by atoms with E-state index in [4.69, 9.17) is 11.6 Å². The number of rotatable bonds is 3. The van der Waals surface area contributed by atoms with Crippen LogP contribution in [0.15, 0.2) is 29.1 Å². The number of aromatic nitrogens is 2. The summed E-state index contributed by atoms with van der Waals surface area (Å²) in [5.74, 6) is 0.834. The van der Waals surface area contributed by atoms with Gasteiger partial charge in [-0.05, 0) is 40.1 Å². The molecule has 15 heavy (non-hydrogen) atoms. The highest BCUT2D eigenvalue weighted by atomic mass is 35.5. The summed E-state index contributed by atoms with van der Waals surface area (Å²) in [7, 11) is 1.98. The Morgan fingerprint density at radius 2 is 2.33 bits per heavy atom. The molecule has 5 heteroatoms. The minimum absolute atomic E-state index is 0.282. The van der Waals surface area contributed by atoms with Gasteiger partial charge in [0.05, 0.1) is 0 Å². The number of anilines is 1. The Labute approximate surface area is 97.4 Å². The molecule has 0 fully saturated rings. The molecule has 2 aromatic rings. The Bertz CT molecular complexity index is 430. The molecule has 2 aromatic heterocycles. The first-order valence-corrected chi connectivity index (χ1v) is 5.78. The van der Waals surface area contributed by atoms with Gasteiger partial charge in [0, 0.05) is 19.8 Å². The zero-order valence-electron chi connectivity index (χ0n) is 8.22. The third kappa shape index (κ3) is 2.67. The summed E-state index contributed by atoms with van der Waals surface area (Å²) in [6.07, 6.45) is 1.66. The van der Waals surface area contributed by atoms with Gasteiger partial charge >= 0.3 is 0 Å². The van der Waals surface area contributed by atoms with Gasteiger partial charge in [0.25, 0.3) is 0 Å². The Morgan fingerprint density at radius 1 is 1.47 bits per heavy atom. The number of nitrogens with zero attached hydrogens (tertiary/aromatic N) is 3. The van der Waals surface area contributed by atoms with Crippen LogP contribution >= 0.6 is 22.9 Å². The van der Waals surface area contributed by atoms with Crippen LogP contribution in [0, 0.1) is 0 Å². The highest BCUT2D eigenvalue weighted by molar-refractivity contribution is 7.07. The van der Waals surface area contributed by atoms with Gasteiger partial charge in [0.1, 0.15) is 5.82 Å². The molecule has 0 radical (unpaired) electrons. The van der Waals surface area contributed by atoms with Crippen LogP contribution in [0.1, 0.15) is 5.56 Å². The van der Waals surface area contributed by atoms with E-state index < -0.39 is 0 Å². The maximum Gasteiger partial charge on any atom is 0.224 e. The average molecular weight is 240 g/mol. The summed E-state index contributed by atoms with van der Waals surface area (Å²) in [6.45, 7) is 0.830. The second-order valence-electron chi connectivity index (χ2n) is 3.17. The molecule has 0 aliphatic heterocycles. The summed E-state index contributed by atoms with van der Waals surface area (Å²) < 4.78 is 0. The van der Waals surface area contributed by atoms with Crippen molar-refractivity contribution in [3.8, 4) is 0 Å². The van der Waals surface area contributed by atoms with Crippen LogP contribution < -0.4 is 4.90 Å². The summed E-state index contributed by atoms with van der Waals surface area (Å²) in [6, 6.07) is 3.95. The van der Waals surface area contributed by atoms with Crippen molar-refractivity contribution in [3.63, 3.8) is 0 Å². The molecule has 0 bridgehead atoms. The SMILES string of the molecule is CN(Cc1ccsc1)c1ccnc(Cl)n1. The standard InChI is InChI=1S/C10H10ClN3S/c1-14(6-8-3-5-15-7-8)9-2-4-12-10(11)13-9/h2-5,7H,6H2,1H3. The molecule has 0 amide bonds. The fourth-order valence-corrected chi connectivity index (χ4v) is 2.08. The smallest absolute Gasteiger partial charge is 0.224 e. The van der Waals surface area contributed by atoms with Crippen LogP contribution in [-0.4, -0.2) is 17.0 Å². The van der Waals surface area contributed by atoms with E-state index in [9.17, 15) is 0 Å². The fraction of sp³-hybridized carbons (Fsp3) is 0.200. The van der Waals surface area contributed by atoms with Crippen LogP contribution in [0.4, 0.5) is 5.82 Å². The van der Waals surface area contributed by atoms with Gasteiger partial charge in [-0.3, -0.25) is 0 Å². The first kappa shape index (κ1) is 10.4. The number of thiophene rings is 1. The molecule has 2 rings (SSSR count). The number of hydrogen-bond donors (Lipinski definition) is 0. The summed E-state index contributed by atoms with van der Waals surface area (Å²) in [5.41, 5.74) is 1.28. The highest BCUT2D eigenvalue weighted by Crippen LogP contribution is 2.15. The van der Waals surface area contributed by atoms with E-state index in [0.29, 0.717) is 0 Å². The maximum absolute atomic E-state index is 5.72. The van der Waals surface area contributed by atoms with Crippen molar-refractivity contribution in [1.29, 1.82) is 0 Å². The van der Waals surface area contributed by atoms with Crippen molar-refractivity contribution in [3.05, 3.63) is 39.9 Å². The molecule has 0 atom stereocenters. The van der Waals surface area contributed by atoms with Gasteiger partial charge in [-0.15, -0.1) is 0 Å². The molecule has 0 aliphatic carbocycles. The largest absolute Gasteiger partial charge is 0.355 e. The van der Waals surface area contributed by atoms with Crippen molar-refractivity contribution < 1.29 is 0 Å². The molecule has 3 nitrogen and oxygen atoms in total. The molecule has 0 aliphatic rings. The first-order valence-electron chi connectivity index (χ1n) is 4.46. The minimum atomic E-state index is 0.282. The molecule has 78 valence electrons. The quantitative estimate of drug-likeness (QED) is 0.772. The molecule has 0 saturated carbocycles. The van der Waals surface area contributed by atoms with Crippen LogP contribution in [-0.2, 0) is 6.54 Å². The van der Waals surface area contributed by atoms with Gasteiger partial charge in [-0.25, -0.2) is 9.97 Å². The Balaban J connectivity index is 2.11. The van der Waals surface area contributed by atoms with E-state index in [1.807, 2.05) is 18.0 Å². The molecule has 0 spiro atoms. The monoisotopic (exact) mass is 239 g/mol. The van der Waals surface area contributed by atoms with Gasteiger partial charge in [-0.2, -0.15) is 11.3 Å². The molecule has 0 unspecified atom stereocenters. The Morgan fingerprint density at radius 3 is 3.00 bits per heavy atom. The minimum Gasteiger partial charge on any atom is -0.355 e.